The molecule has 17 heavy (non-hydrogen) atoms. The molecular formula is C12H19N3O2. The van der Waals surface area contributed by atoms with E-state index in [4.69, 9.17) is 4.74 Å². The van der Waals surface area contributed by atoms with Crippen LogP contribution >= 0.6 is 0 Å². The molecule has 0 aliphatic rings. The molecule has 1 aromatic heterocycles. The zero-order chi connectivity index (χ0) is 12.8. The Morgan fingerprint density at radius 1 is 1.35 bits per heavy atom. The van der Waals surface area contributed by atoms with Gasteiger partial charge in [-0.3, -0.25) is 4.79 Å². The summed E-state index contributed by atoms with van der Waals surface area (Å²) in [6.07, 6.45) is 0. The van der Waals surface area contributed by atoms with E-state index < -0.39 is 0 Å². The standard InChI is InChI=1S/C12H19N3O2/c1-8(2)13-12(16)9(3)14-10-6-5-7-11(15-10)17-4/h5-9H,1-4H3,(H,13,16)(H,14,15). The topological polar surface area (TPSA) is 63.2 Å². The van der Waals surface area contributed by atoms with Crippen LogP contribution in [0.2, 0.25) is 0 Å². The maximum absolute atomic E-state index is 11.7. The Morgan fingerprint density at radius 2 is 2.06 bits per heavy atom. The molecule has 0 aliphatic carbocycles. The first kappa shape index (κ1) is 13.3. The summed E-state index contributed by atoms with van der Waals surface area (Å²) in [5.41, 5.74) is 0. The summed E-state index contributed by atoms with van der Waals surface area (Å²) < 4.78 is 5.01. The zero-order valence-corrected chi connectivity index (χ0v) is 10.7. The van der Waals surface area contributed by atoms with Crippen LogP contribution in [0.5, 0.6) is 5.88 Å². The lowest BCUT2D eigenvalue weighted by atomic mass is 10.2. The molecule has 0 radical (unpaired) electrons. The van der Waals surface area contributed by atoms with Crippen LogP contribution in [0.15, 0.2) is 18.2 Å². The predicted molar refractivity (Wildman–Crippen MR) is 67.2 cm³/mol. The molecule has 0 saturated heterocycles. The quantitative estimate of drug-likeness (QED) is 0.813. The molecule has 2 N–H and O–H groups in total. The van der Waals surface area contributed by atoms with Gasteiger partial charge in [0.15, 0.2) is 0 Å². The molecule has 0 bridgehead atoms. The van der Waals surface area contributed by atoms with Crippen LogP contribution in [-0.4, -0.2) is 30.1 Å². The maximum atomic E-state index is 11.7. The highest BCUT2D eigenvalue weighted by Crippen LogP contribution is 2.11. The van der Waals surface area contributed by atoms with Crippen molar-refractivity contribution in [2.45, 2.75) is 32.9 Å². The summed E-state index contributed by atoms with van der Waals surface area (Å²) in [7, 11) is 1.56. The van der Waals surface area contributed by atoms with Crippen molar-refractivity contribution >= 4 is 11.7 Å². The van der Waals surface area contributed by atoms with E-state index in [1.165, 1.54) is 0 Å². The van der Waals surface area contributed by atoms with Crippen molar-refractivity contribution in [3.05, 3.63) is 18.2 Å². The number of anilines is 1. The Balaban J connectivity index is 2.60. The Morgan fingerprint density at radius 3 is 2.65 bits per heavy atom. The molecule has 1 heterocycles. The van der Waals surface area contributed by atoms with Gasteiger partial charge in [0.25, 0.3) is 0 Å². The van der Waals surface area contributed by atoms with Crippen LogP contribution in [0.1, 0.15) is 20.8 Å². The maximum Gasteiger partial charge on any atom is 0.242 e. The second-order valence-electron chi connectivity index (χ2n) is 4.09. The molecule has 1 rings (SSSR count). The molecule has 5 heteroatoms. The van der Waals surface area contributed by atoms with Crippen LogP contribution in [0.25, 0.3) is 0 Å². The monoisotopic (exact) mass is 237 g/mol. The van der Waals surface area contributed by atoms with Crippen molar-refractivity contribution in [2.24, 2.45) is 0 Å². The van der Waals surface area contributed by atoms with Gasteiger partial charge in [0, 0.05) is 12.1 Å². The first-order chi connectivity index (χ1) is 8.02. The summed E-state index contributed by atoms with van der Waals surface area (Å²) in [5.74, 6) is 1.09. The third kappa shape index (κ3) is 4.30. The molecule has 0 aliphatic heterocycles. The highest BCUT2D eigenvalue weighted by molar-refractivity contribution is 5.84. The molecule has 0 saturated carbocycles. The largest absolute Gasteiger partial charge is 0.481 e. The van der Waals surface area contributed by atoms with Crippen molar-refractivity contribution in [1.29, 1.82) is 0 Å². The van der Waals surface area contributed by atoms with Gasteiger partial charge in [0.2, 0.25) is 11.8 Å². The number of carbonyl (C=O) groups excluding carboxylic acids is 1. The summed E-state index contributed by atoms with van der Waals surface area (Å²) in [6.45, 7) is 5.64. The number of methoxy groups -OCH3 is 1. The first-order valence-electron chi connectivity index (χ1n) is 5.61. The first-order valence-corrected chi connectivity index (χ1v) is 5.61. The molecule has 5 nitrogen and oxygen atoms in total. The van der Waals surface area contributed by atoms with Crippen LogP contribution in [0.4, 0.5) is 5.82 Å². The van der Waals surface area contributed by atoms with Gasteiger partial charge >= 0.3 is 0 Å². The van der Waals surface area contributed by atoms with Crippen LogP contribution < -0.4 is 15.4 Å². The Kier molecular flexibility index (Phi) is 4.75. The van der Waals surface area contributed by atoms with Crippen molar-refractivity contribution in [3.63, 3.8) is 0 Å². The van der Waals surface area contributed by atoms with Crippen LogP contribution in [0.3, 0.4) is 0 Å². The second-order valence-corrected chi connectivity index (χ2v) is 4.09. The molecular weight excluding hydrogens is 218 g/mol. The van der Waals surface area contributed by atoms with E-state index in [1.54, 1.807) is 26.2 Å². The minimum Gasteiger partial charge on any atom is -0.481 e. The second kappa shape index (κ2) is 6.08. The number of pyridine rings is 1. The predicted octanol–water partition coefficient (Wildman–Crippen LogP) is 1.42. The van der Waals surface area contributed by atoms with Gasteiger partial charge in [-0.1, -0.05) is 6.07 Å². The van der Waals surface area contributed by atoms with Crippen molar-refractivity contribution < 1.29 is 9.53 Å². The van der Waals surface area contributed by atoms with Crippen LogP contribution in [0, 0.1) is 0 Å². The number of amides is 1. The Labute approximate surface area is 102 Å². The molecule has 0 aromatic carbocycles. The van der Waals surface area contributed by atoms with Crippen molar-refractivity contribution in [1.82, 2.24) is 10.3 Å². The van der Waals surface area contributed by atoms with Crippen LogP contribution in [-0.2, 0) is 4.79 Å². The minimum atomic E-state index is -0.336. The average molecular weight is 237 g/mol. The van der Waals surface area contributed by atoms with Gasteiger partial charge in [0.05, 0.1) is 7.11 Å². The van der Waals surface area contributed by atoms with E-state index in [-0.39, 0.29) is 18.0 Å². The number of nitrogens with zero attached hydrogens (tertiary/aromatic N) is 1. The van der Waals surface area contributed by atoms with Crippen molar-refractivity contribution in [2.75, 3.05) is 12.4 Å². The fourth-order valence-corrected chi connectivity index (χ4v) is 1.31. The number of ether oxygens (including phenoxy) is 1. The number of aromatic nitrogens is 1. The molecule has 0 spiro atoms. The summed E-state index contributed by atoms with van der Waals surface area (Å²) >= 11 is 0. The van der Waals surface area contributed by atoms with Gasteiger partial charge in [-0.15, -0.1) is 0 Å². The van der Waals surface area contributed by atoms with Gasteiger partial charge in [-0.2, -0.15) is 4.98 Å². The number of carbonyl (C=O) groups is 1. The Bertz CT molecular complexity index is 380. The smallest absolute Gasteiger partial charge is 0.242 e. The molecule has 0 fully saturated rings. The molecule has 1 aromatic rings. The third-order valence-electron chi connectivity index (χ3n) is 2.12. The molecule has 1 atom stereocenters. The van der Waals surface area contributed by atoms with Gasteiger partial charge in [0.1, 0.15) is 11.9 Å². The lowest BCUT2D eigenvalue weighted by Crippen LogP contribution is -2.41. The lowest BCUT2D eigenvalue weighted by molar-refractivity contribution is -0.122. The average Bonchev–Trinajstić information content (AvgIpc) is 2.28. The zero-order valence-electron chi connectivity index (χ0n) is 10.7. The minimum absolute atomic E-state index is 0.0513. The highest BCUT2D eigenvalue weighted by Gasteiger charge is 2.13. The van der Waals surface area contributed by atoms with E-state index >= 15 is 0 Å². The summed E-state index contributed by atoms with van der Waals surface area (Å²) in [5, 5.41) is 5.85. The fourth-order valence-electron chi connectivity index (χ4n) is 1.31. The normalized spacial score (nSPS) is 12.1. The number of hydrogen-bond acceptors (Lipinski definition) is 4. The molecule has 94 valence electrons. The van der Waals surface area contributed by atoms with Gasteiger partial charge in [-0.05, 0) is 26.8 Å². The van der Waals surface area contributed by atoms with E-state index in [1.807, 2.05) is 19.9 Å². The van der Waals surface area contributed by atoms with Gasteiger partial charge in [-0.25, -0.2) is 0 Å². The van der Waals surface area contributed by atoms with E-state index in [0.29, 0.717) is 11.7 Å². The number of nitrogens with one attached hydrogen (secondary N) is 2. The third-order valence-corrected chi connectivity index (χ3v) is 2.12. The van der Waals surface area contributed by atoms with E-state index in [2.05, 4.69) is 15.6 Å². The summed E-state index contributed by atoms with van der Waals surface area (Å²) in [4.78, 5) is 15.9. The Hall–Kier alpha value is -1.78. The molecule has 1 amide bonds. The number of rotatable bonds is 5. The molecule has 1 unspecified atom stereocenters. The van der Waals surface area contributed by atoms with Crippen molar-refractivity contribution in [3.8, 4) is 5.88 Å². The highest BCUT2D eigenvalue weighted by atomic mass is 16.5. The van der Waals surface area contributed by atoms with E-state index in [9.17, 15) is 4.79 Å². The van der Waals surface area contributed by atoms with Gasteiger partial charge < -0.3 is 15.4 Å². The SMILES string of the molecule is COc1cccc(NC(C)C(=O)NC(C)C)n1. The van der Waals surface area contributed by atoms with E-state index in [0.717, 1.165) is 0 Å². The fraction of sp³-hybridized carbons (Fsp3) is 0.500. The lowest BCUT2D eigenvalue weighted by Gasteiger charge is -2.16. The number of hydrogen-bond donors (Lipinski definition) is 2. The summed E-state index contributed by atoms with van der Waals surface area (Å²) in [6, 6.07) is 5.16.